The molecule has 2 heterocycles. The molecule has 0 saturated carbocycles. The molecule has 0 aliphatic carbocycles. The van der Waals surface area contributed by atoms with Crippen LogP contribution in [0.1, 0.15) is 12.8 Å². The Labute approximate surface area is 110 Å². The van der Waals surface area contributed by atoms with Crippen molar-refractivity contribution < 1.29 is 4.79 Å². The van der Waals surface area contributed by atoms with E-state index in [0.29, 0.717) is 15.9 Å². The first-order valence-corrected chi connectivity index (χ1v) is 6.25. The van der Waals surface area contributed by atoms with Gasteiger partial charge in [0.2, 0.25) is 5.91 Å². The minimum Gasteiger partial charge on any atom is -0.317 e. The van der Waals surface area contributed by atoms with E-state index in [-0.39, 0.29) is 11.8 Å². The van der Waals surface area contributed by atoms with Crippen molar-refractivity contribution in [1.29, 1.82) is 0 Å². The van der Waals surface area contributed by atoms with Gasteiger partial charge in [-0.1, -0.05) is 23.2 Å². The number of anilines is 1. The predicted octanol–water partition coefficient (Wildman–Crippen LogP) is 2.33. The number of pyridine rings is 1. The largest absolute Gasteiger partial charge is 0.317 e. The van der Waals surface area contributed by atoms with Crippen LogP contribution in [0.15, 0.2) is 12.3 Å². The lowest BCUT2D eigenvalue weighted by atomic mass is 9.97. The second-order valence-electron chi connectivity index (χ2n) is 4.00. The van der Waals surface area contributed by atoms with E-state index in [4.69, 9.17) is 23.2 Å². The van der Waals surface area contributed by atoms with Gasteiger partial charge in [-0.2, -0.15) is 0 Å². The van der Waals surface area contributed by atoms with Gasteiger partial charge in [0.05, 0.1) is 10.0 Å². The first-order valence-electron chi connectivity index (χ1n) is 5.49. The minimum absolute atomic E-state index is 0.0248. The predicted molar refractivity (Wildman–Crippen MR) is 68.5 cm³/mol. The Morgan fingerprint density at radius 1 is 1.41 bits per heavy atom. The molecule has 0 atom stereocenters. The van der Waals surface area contributed by atoms with Gasteiger partial charge in [0, 0.05) is 12.1 Å². The summed E-state index contributed by atoms with van der Waals surface area (Å²) in [6, 6.07) is 1.56. The van der Waals surface area contributed by atoms with E-state index >= 15 is 0 Å². The smallest absolute Gasteiger partial charge is 0.228 e. The molecule has 92 valence electrons. The van der Waals surface area contributed by atoms with Crippen LogP contribution in [-0.2, 0) is 4.79 Å². The van der Waals surface area contributed by atoms with Crippen molar-refractivity contribution in [3.63, 3.8) is 0 Å². The zero-order chi connectivity index (χ0) is 12.3. The Hall–Kier alpha value is -0.840. The van der Waals surface area contributed by atoms with Gasteiger partial charge < -0.3 is 10.6 Å². The number of halogens is 2. The van der Waals surface area contributed by atoms with Gasteiger partial charge in [-0.05, 0) is 32.0 Å². The second-order valence-corrected chi connectivity index (χ2v) is 4.84. The molecule has 1 aliphatic rings. The number of hydrogen-bond acceptors (Lipinski definition) is 3. The third kappa shape index (κ3) is 3.31. The lowest BCUT2D eigenvalue weighted by molar-refractivity contribution is -0.120. The van der Waals surface area contributed by atoms with Crippen molar-refractivity contribution in [2.45, 2.75) is 12.8 Å². The summed E-state index contributed by atoms with van der Waals surface area (Å²) in [5.41, 5.74) is 0. The van der Waals surface area contributed by atoms with Crippen LogP contribution < -0.4 is 10.6 Å². The van der Waals surface area contributed by atoms with Gasteiger partial charge in [0.1, 0.15) is 0 Å². The third-order valence-corrected chi connectivity index (χ3v) is 3.25. The Morgan fingerprint density at radius 3 is 2.76 bits per heavy atom. The van der Waals surface area contributed by atoms with E-state index in [9.17, 15) is 4.79 Å². The highest BCUT2D eigenvalue weighted by Crippen LogP contribution is 2.23. The lowest BCUT2D eigenvalue weighted by Gasteiger charge is -2.21. The number of aromatic nitrogens is 1. The molecule has 2 N–H and O–H groups in total. The molecule has 1 amide bonds. The van der Waals surface area contributed by atoms with Gasteiger partial charge in [-0.15, -0.1) is 0 Å². The van der Waals surface area contributed by atoms with Crippen LogP contribution in [0.25, 0.3) is 0 Å². The number of hydrogen-bond donors (Lipinski definition) is 2. The van der Waals surface area contributed by atoms with E-state index in [2.05, 4.69) is 15.6 Å². The van der Waals surface area contributed by atoms with Crippen molar-refractivity contribution in [2.24, 2.45) is 5.92 Å². The Balaban J connectivity index is 2.02. The molecular weight excluding hydrogens is 261 g/mol. The maximum absolute atomic E-state index is 11.9. The van der Waals surface area contributed by atoms with Gasteiger partial charge in [-0.3, -0.25) is 4.79 Å². The van der Waals surface area contributed by atoms with Gasteiger partial charge >= 0.3 is 0 Å². The average molecular weight is 274 g/mol. The molecule has 4 nitrogen and oxygen atoms in total. The summed E-state index contributed by atoms with van der Waals surface area (Å²) < 4.78 is 0. The normalized spacial score (nSPS) is 16.8. The first kappa shape index (κ1) is 12.6. The van der Waals surface area contributed by atoms with Crippen LogP contribution in [0.4, 0.5) is 5.82 Å². The van der Waals surface area contributed by atoms with Crippen molar-refractivity contribution >= 4 is 34.9 Å². The maximum Gasteiger partial charge on any atom is 0.228 e. The number of piperidine rings is 1. The van der Waals surface area contributed by atoms with Crippen LogP contribution in [0.3, 0.4) is 0 Å². The molecule has 0 bridgehead atoms. The van der Waals surface area contributed by atoms with Crippen LogP contribution in [0.5, 0.6) is 0 Å². The summed E-state index contributed by atoms with van der Waals surface area (Å²) in [5, 5.41) is 6.77. The molecule has 1 saturated heterocycles. The number of nitrogens with zero attached hydrogens (tertiary/aromatic N) is 1. The van der Waals surface area contributed by atoms with E-state index in [1.807, 2.05) is 0 Å². The highest BCUT2D eigenvalue weighted by molar-refractivity contribution is 6.36. The van der Waals surface area contributed by atoms with Crippen LogP contribution in [0, 0.1) is 5.92 Å². The molecule has 0 radical (unpaired) electrons. The molecule has 6 heteroatoms. The molecule has 1 aromatic heterocycles. The number of nitrogens with one attached hydrogen (secondary N) is 2. The summed E-state index contributed by atoms with van der Waals surface area (Å²) in [6.45, 7) is 1.75. The summed E-state index contributed by atoms with van der Waals surface area (Å²) in [5.74, 6) is 0.382. The van der Waals surface area contributed by atoms with Crippen molar-refractivity contribution in [3.05, 3.63) is 22.3 Å². The summed E-state index contributed by atoms with van der Waals surface area (Å²) in [6.07, 6.45) is 3.15. The molecule has 0 aromatic carbocycles. The van der Waals surface area contributed by atoms with Crippen molar-refractivity contribution in [2.75, 3.05) is 18.4 Å². The summed E-state index contributed by atoms with van der Waals surface area (Å²) in [4.78, 5) is 15.9. The SMILES string of the molecule is O=C(Nc1ncc(Cl)cc1Cl)C1CCNCC1. The zero-order valence-electron chi connectivity index (χ0n) is 9.17. The second kappa shape index (κ2) is 5.67. The zero-order valence-corrected chi connectivity index (χ0v) is 10.7. The van der Waals surface area contributed by atoms with Crippen LogP contribution in [-0.4, -0.2) is 24.0 Å². The standard InChI is InChI=1S/C11H13Cl2N3O/c12-8-5-9(13)10(15-6-8)16-11(17)7-1-3-14-4-2-7/h5-7,14H,1-4H2,(H,15,16,17). The van der Waals surface area contributed by atoms with Crippen molar-refractivity contribution in [1.82, 2.24) is 10.3 Å². The fourth-order valence-corrected chi connectivity index (χ4v) is 2.24. The first-order chi connectivity index (χ1) is 8.16. The van der Waals surface area contributed by atoms with E-state index in [0.717, 1.165) is 25.9 Å². The quantitative estimate of drug-likeness (QED) is 0.870. The monoisotopic (exact) mass is 273 g/mol. The van der Waals surface area contributed by atoms with Gasteiger partial charge in [-0.25, -0.2) is 4.98 Å². The lowest BCUT2D eigenvalue weighted by Crippen LogP contribution is -2.34. The number of carbonyl (C=O) groups is 1. The minimum atomic E-state index is -0.0248. The number of amides is 1. The molecule has 0 spiro atoms. The Kier molecular flexibility index (Phi) is 4.20. The molecule has 17 heavy (non-hydrogen) atoms. The molecule has 1 fully saturated rings. The van der Waals surface area contributed by atoms with Crippen molar-refractivity contribution in [3.8, 4) is 0 Å². The van der Waals surface area contributed by atoms with Gasteiger partial charge in [0.15, 0.2) is 5.82 Å². The van der Waals surface area contributed by atoms with Crippen LogP contribution >= 0.6 is 23.2 Å². The summed E-state index contributed by atoms with van der Waals surface area (Å²) in [7, 11) is 0. The van der Waals surface area contributed by atoms with E-state index in [1.165, 1.54) is 6.20 Å². The highest BCUT2D eigenvalue weighted by Gasteiger charge is 2.21. The highest BCUT2D eigenvalue weighted by atomic mass is 35.5. The van der Waals surface area contributed by atoms with Gasteiger partial charge in [0.25, 0.3) is 0 Å². The van der Waals surface area contributed by atoms with E-state index < -0.39 is 0 Å². The number of rotatable bonds is 2. The fourth-order valence-electron chi connectivity index (χ4n) is 1.81. The van der Waals surface area contributed by atoms with E-state index in [1.54, 1.807) is 6.07 Å². The van der Waals surface area contributed by atoms with Crippen LogP contribution in [0.2, 0.25) is 10.0 Å². The Bertz CT molecular complexity index is 419. The molecule has 0 unspecified atom stereocenters. The molecule has 2 rings (SSSR count). The summed E-state index contributed by atoms with van der Waals surface area (Å²) >= 11 is 11.7. The fraction of sp³-hybridized carbons (Fsp3) is 0.455. The molecule has 1 aliphatic heterocycles. The Morgan fingerprint density at radius 2 is 2.12 bits per heavy atom. The third-order valence-electron chi connectivity index (χ3n) is 2.76. The average Bonchev–Trinajstić information content (AvgIpc) is 2.34. The topological polar surface area (TPSA) is 54.0 Å². The molecule has 1 aromatic rings. The number of carbonyl (C=O) groups excluding carboxylic acids is 1. The molecular formula is C11H13Cl2N3O. The maximum atomic E-state index is 11.9.